The van der Waals surface area contributed by atoms with E-state index in [1.54, 1.807) is 6.20 Å². The molecule has 0 aliphatic carbocycles. The van der Waals surface area contributed by atoms with Gasteiger partial charge in [0.1, 0.15) is 16.3 Å². The molecular weight excluding hydrogens is 280 g/mol. The van der Waals surface area contributed by atoms with Crippen LogP contribution in [0.5, 0.6) is 0 Å². The zero-order chi connectivity index (χ0) is 14.8. The van der Waals surface area contributed by atoms with E-state index in [1.165, 1.54) is 0 Å². The van der Waals surface area contributed by atoms with E-state index in [0.717, 1.165) is 28.1 Å². The molecule has 2 N–H and O–H groups in total. The van der Waals surface area contributed by atoms with Crippen LogP contribution < -0.4 is 5.73 Å². The van der Waals surface area contributed by atoms with E-state index in [2.05, 4.69) is 9.97 Å². The Morgan fingerprint density at radius 1 is 1.19 bits per heavy atom. The molecule has 21 heavy (non-hydrogen) atoms. The summed E-state index contributed by atoms with van der Waals surface area (Å²) in [6.45, 7) is 0. The minimum absolute atomic E-state index is 0.317. The summed E-state index contributed by atoms with van der Waals surface area (Å²) in [6.07, 6.45) is 3.69. The minimum atomic E-state index is 0.317. The Bertz CT molecular complexity index is 834. The number of nitrogens with two attached hydrogens (primary N) is 1. The van der Waals surface area contributed by atoms with Crippen LogP contribution in [0.25, 0.3) is 22.8 Å². The van der Waals surface area contributed by atoms with Crippen molar-refractivity contribution in [2.45, 2.75) is 0 Å². The number of pyridine rings is 1. The van der Waals surface area contributed by atoms with Crippen LogP contribution in [-0.4, -0.2) is 19.5 Å². The lowest BCUT2D eigenvalue weighted by atomic mass is 10.1. The highest BCUT2D eigenvalue weighted by atomic mass is 32.1. The van der Waals surface area contributed by atoms with Crippen LogP contribution in [0.2, 0.25) is 0 Å². The minimum Gasteiger partial charge on any atom is -0.389 e. The molecule has 0 radical (unpaired) electrons. The van der Waals surface area contributed by atoms with Crippen molar-refractivity contribution >= 4 is 40.0 Å². The molecule has 0 unspecified atom stereocenters. The number of aryl methyl sites for hydroxylation is 1. The van der Waals surface area contributed by atoms with Crippen molar-refractivity contribution in [3.8, 4) is 0 Å². The Balaban J connectivity index is 2.19. The molecule has 3 aromatic rings. The van der Waals surface area contributed by atoms with Gasteiger partial charge in [0.05, 0.1) is 5.57 Å². The summed E-state index contributed by atoms with van der Waals surface area (Å²) >= 11 is 5.20. The van der Waals surface area contributed by atoms with Crippen LogP contribution in [0.3, 0.4) is 0 Å². The second-order valence-electron chi connectivity index (χ2n) is 4.67. The highest BCUT2D eigenvalue weighted by molar-refractivity contribution is 7.81. The number of imidazole rings is 1. The van der Waals surface area contributed by atoms with Crippen molar-refractivity contribution in [3.63, 3.8) is 0 Å². The highest BCUT2D eigenvalue weighted by Gasteiger charge is 2.14. The molecule has 104 valence electrons. The first-order chi connectivity index (χ1) is 10.2. The van der Waals surface area contributed by atoms with Gasteiger partial charge in [-0.3, -0.25) is 0 Å². The van der Waals surface area contributed by atoms with Gasteiger partial charge >= 0.3 is 0 Å². The van der Waals surface area contributed by atoms with Gasteiger partial charge in [-0.1, -0.05) is 42.5 Å². The lowest BCUT2D eigenvalue weighted by Gasteiger charge is -2.06. The second-order valence-corrected chi connectivity index (χ2v) is 5.11. The predicted octanol–water partition coefficient (Wildman–Crippen LogP) is 2.80. The number of fused-ring (bicyclic) bond motifs is 1. The average Bonchev–Trinajstić information content (AvgIpc) is 2.83. The van der Waals surface area contributed by atoms with Gasteiger partial charge in [0, 0.05) is 13.2 Å². The third kappa shape index (κ3) is 2.55. The van der Waals surface area contributed by atoms with Crippen LogP contribution in [0.4, 0.5) is 0 Å². The number of hydrogen-bond donors (Lipinski definition) is 1. The first-order valence-electron chi connectivity index (χ1n) is 6.51. The smallest absolute Gasteiger partial charge is 0.160 e. The molecule has 0 amide bonds. The van der Waals surface area contributed by atoms with E-state index in [-0.39, 0.29) is 0 Å². The molecule has 0 saturated carbocycles. The van der Waals surface area contributed by atoms with Crippen LogP contribution in [0.1, 0.15) is 11.4 Å². The summed E-state index contributed by atoms with van der Waals surface area (Å²) < 4.78 is 1.91. The van der Waals surface area contributed by atoms with Crippen molar-refractivity contribution in [2.75, 3.05) is 0 Å². The summed E-state index contributed by atoms with van der Waals surface area (Å²) in [5.74, 6) is 0.722. The largest absolute Gasteiger partial charge is 0.389 e. The third-order valence-corrected chi connectivity index (χ3v) is 3.46. The van der Waals surface area contributed by atoms with Crippen LogP contribution >= 0.6 is 12.2 Å². The van der Waals surface area contributed by atoms with E-state index in [0.29, 0.717) is 4.99 Å². The fraction of sp³-hybridized carbons (Fsp3) is 0.0625. The molecule has 3 rings (SSSR count). The molecule has 0 saturated heterocycles. The van der Waals surface area contributed by atoms with Crippen LogP contribution in [0, 0.1) is 0 Å². The molecule has 0 bridgehead atoms. The Morgan fingerprint density at radius 3 is 2.62 bits per heavy atom. The van der Waals surface area contributed by atoms with Crippen molar-refractivity contribution in [3.05, 3.63) is 60.0 Å². The molecule has 1 aromatic carbocycles. The average molecular weight is 294 g/mol. The maximum Gasteiger partial charge on any atom is 0.160 e. The Labute approximate surface area is 127 Å². The Morgan fingerprint density at radius 2 is 1.95 bits per heavy atom. The predicted molar refractivity (Wildman–Crippen MR) is 89.6 cm³/mol. The molecule has 0 spiro atoms. The molecule has 0 atom stereocenters. The molecule has 0 fully saturated rings. The maximum atomic E-state index is 5.90. The Hall–Kier alpha value is -2.53. The van der Waals surface area contributed by atoms with Gasteiger partial charge in [-0.25, -0.2) is 9.97 Å². The van der Waals surface area contributed by atoms with E-state index in [4.69, 9.17) is 18.0 Å². The summed E-state index contributed by atoms with van der Waals surface area (Å²) in [6, 6.07) is 13.7. The van der Waals surface area contributed by atoms with Crippen LogP contribution in [-0.2, 0) is 7.05 Å². The number of benzene rings is 1. The summed E-state index contributed by atoms with van der Waals surface area (Å²) in [4.78, 5) is 9.25. The van der Waals surface area contributed by atoms with E-state index < -0.39 is 0 Å². The zero-order valence-electron chi connectivity index (χ0n) is 11.5. The van der Waals surface area contributed by atoms with Gasteiger partial charge in [-0.2, -0.15) is 0 Å². The maximum absolute atomic E-state index is 5.90. The van der Waals surface area contributed by atoms with Crippen molar-refractivity contribution < 1.29 is 0 Å². The first kappa shape index (κ1) is 13.5. The van der Waals surface area contributed by atoms with E-state index >= 15 is 0 Å². The number of nitrogens with zero attached hydrogens (tertiary/aromatic N) is 3. The molecule has 2 heterocycles. The molecule has 0 aliphatic heterocycles. The van der Waals surface area contributed by atoms with Gasteiger partial charge in [0.25, 0.3) is 0 Å². The zero-order valence-corrected chi connectivity index (χ0v) is 12.3. The van der Waals surface area contributed by atoms with E-state index in [9.17, 15) is 0 Å². The quantitative estimate of drug-likeness (QED) is 0.596. The summed E-state index contributed by atoms with van der Waals surface area (Å²) in [5, 5.41) is 0. The monoisotopic (exact) mass is 294 g/mol. The lowest BCUT2D eigenvalue weighted by molar-refractivity contribution is 0.911. The van der Waals surface area contributed by atoms with E-state index in [1.807, 2.05) is 60.2 Å². The Kier molecular flexibility index (Phi) is 3.50. The molecule has 0 aliphatic rings. The van der Waals surface area contributed by atoms with Crippen LogP contribution in [0.15, 0.2) is 48.7 Å². The van der Waals surface area contributed by atoms with Gasteiger partial charge in [-0.05, 0) is 23.8 Å². The number of hydrogen-bond acceptors (Lipinski definition) is 3. The molecule has 2 aromatic heterocycles. The topological polar surface area (TPSA) is 56.7 Å². The van der Waals surface area contributed by atoms with Gasteiger partial charge in [-0.15, -0.1) is 0 Å². The number of rotatable bonds is 3. The number of thiocarbonyl (C=S) groups is 1. The lowest BCUT2D eigenvalue weighted by Crippen LogP contribution is -2.13. The molecular formula is C16H14N4S. The fourth-order valence-electron chi connectivity index (χ4n) is 2.23. The second kappa shape index (κ2) is 5.46. The van der Waals surface area contributed by atoms with Crippen molar-refractivity contribution in [1.29, 1.82) is 0 Å². The normalized spacial score (nSPS) is 11.8. The molecule has 5 heteroatoms. The molecule has 4 nitrogen and oxygen atoms in total. The summed E-state index contributed by atoms with van der Waals surface area (Å²) in [5.41, 5.74) is 9.29. The first-order valence-corrected chi connectivity index (χ1v) is 6.92. The standard InChI is InChI=1S/C16H14N4S/c1-20-15(19-13-8-5-9-18-16(13)20)12(14(17)21)10-11-6-3-2-4-7-11/h2-10H,1H3,(H2,17,21)/b12-10-. The SMILES string of the molecule is Cn1c(/C(=C\c2ccccc2)C(N)=S)nc2cccnc21. The van der Waals surface area contributed by atoms with Crippen molar-refractivity contribution in [1.82, 2.24) is 14.5 Å². The third-order valence-electron chi connectivity index (χ3n) is 3.24. The number of aromatic nitrogens is 3. The van der Waals surface area contributed by atoms with Gasteiger partial charge in [0.15, 0.2) is 5.65 Å². The highest BCUT2D eigenvalue weighted by Crippen LogP contribution is 2.21. The van der Waals surface area contributed by atoms with Gasteiger partial charge in [0.2, 0.25) is 0 Å². The van der Waals surface area contributed by atoms with Crippen molar-refractivity contribution in [2.24, 2.45) is 12.8 Å². The van der Waals surface area contributed by atoms with Gasteiger partial charge < -0.3 is 10.3 Å². The summed E-state index contributed by atoms with van der Waals surface area (Å²) in [7, 11) is 1.91. The fourth-order valence-corrected chi connectivity index (χ4v) is 2.38.